The second-order valence-electron chi connectivity index (χ2n) is 8.69. The van der Waals surface area contributed by atoms with Gasteiger partial charge in [0.2, 0.25) is 5.91 Å². The molecule has 0 fully saturated rings. The number of carbonyl (C=O) groups is 2. The molecule has 0 saturated carbocycles. The normalized spacial score (nSPS) is 11.8. The van der Waals surface area contributed by atoms with E-state index in [1.807, 2.05) is 48.5 Å². The van der Waals surface area contributed by atoms with Crippen LogP contribution in [0.4, 0.5) is 5.69 Å². The Morgan fingerprint density at radius 3 is 2.18 bits per heavy atom. The number of nitrogens with one attached hydrogen (secondary N) is 4. The van der Waals surface area contributed by atoms with Crippen LogP contribution in [0.5, 0.6) is 5.75 Å². The zero-order valence-corrected chi connectivity index (χ0v) is 21.8. The van der Waals surface area contributed by atoms with Gasteiger partial charge >= 0.3 is 0 Å². The quantitative estimate of drug-likeness (QED) is 0.128. The van der Waals surface area contributed by atoms with Gasteiger partial charge < -0.3 is 25.8 Å². The lowest BCUT2D eigenvalue weighted by Gasteiger charge is -2.21. The summed E-state index contributed by atoms with van der Waals surface area (Å²) in [5.41, 5.74) is 5.84. The molecule has 0 aliphatic rings. The summed E-state index contributed by atoms with van der Waals surface area (Å²) >= 11 is 0. The van der Waals surface area contributed by atoms with Gasteiger partial charge in [-0.1, -0.05) is 48.8 Å². The van der Waals surface area contributed by atoms with Crippen LogP contribution in [0.25, 0.3) is 5.70 Å². The van der Waals surface area contributed by atoms with Crippen LogP contribution in [0, 0.1) is 11.8 Å². The standard InChI is InChI=1S/C30H32N4O5/c1-20(32-29(21(2)35)30(37)34-38)24-14-10-22(11-15-24)8-9-23-12-16-26(17-13-23)33-28(36)19-31-18-25-6-4-5-7-27(25)39-3/h4-7,10-17,21,29,31-32,35,38H,1,18-19H2,2-3H3,(H,33,36)(H,34,37)/t21-,29+/m1/s1. The lowest BCUT2D eigenvalue weighted by atomic mass is 10.1. The number of aliphatic hydroxyl groups excluding tert-OH is 1. The smallest absolute Gasteiger partial charge is 0.268 e. The molecular weight excluding hydrogens is 496 g/mol. The highest BCUT2D eigenvalue weighted by molar-refractivity contribution is 5.92. The summed E-state index contributed by atoms with van der Waals surface area (Å²) in [6, 6.07) is 21.0. The van der Waals surface area contributed by atoms with Crippen LogP contribution in [0.1, 0.15) is 29.2 Å². The molecule has 0 aliphatic heterocycles. The molecule has 0 unspecified atom stereocenters. The maximum atomic E-state index is 12.3. The fourth-order valence-corrected chi connectivity index (χ4v) is 3.65. The lowest BCUT2D eigenvalue weighted by molar-refractivity contribution is -0.133. The number of benzene rings is 3. The van der Waals surface area contributed by atoms with Crippen LogP contribution >= 0.6 is 0 Å². The van der Waals surface area contributed by atoms with E-state index in [-0.39, 0.29) is 12.5 Å². The number of ether oxygens (including phenoxy) is 1. The Morgan fingerprint density at radius 2 is 1.59 bits per heavy atom. The van der Waals surface area contributed by atoms with Crippen LogP contribution in [0.15, 0.2) is 79.4 Å². The highest BCUT2D eigenvalue weighted by Gasteiger charge is 2.23. The second kappa shape index (κ2) is 14.4. The minimum atomic E-state index is -1.05. The third-order valence-electron chi connectivity index (χ3n) is 5.75. The van der Waals surface area contributed by atoms with Gasteiger partial charge in [-0.3, -0.25) is 14.8 Å². The van der Waals surface area contributed by atoms with Gasteiger partial charge in [0.05, 0.1) is 19.8 Å². The summed E-state index contributed by atoms with van der Waals surface area (Å²) in [6.07, 6.45) is -1.04. The molecule has 0 saturated heterocycles. The number of hydrogen-bond donors (Lipinski definition) is 6. The minimum absolute atomic E-state index is 0.156. The fourth-order valence-electron chi connectivity index (χ4n) is 3.65. The number of hydroxylamine groups is 1. The van der Waals surface area contributed by atoms with Gasteiger partial charge in [-0.25, -0.2) is 5.48 Å². The molecule has 2 atom stereocenters. The van der Waals surface area contributed by atoms with E-state index in [9.17, 15) is 14.7 Å². The largest absolute Gasteiger partial charge is 0.496 e. The van der Waals surface area contributed by atoms with E-state index in [0.717, 1.165) is 22.4 Å². The molecule has 9 nitrogen and oxygen atoms in total. The number of methoxy groups -OCH3 is 1. The Labute approximate surface area is 227 Å². The van der Waals surface area contributed by atoms with Crippen LogP contribution in [-0.2, 0) is 16.1 Å². The van der Waals surface area contributed by atoms with Crippen molar-refractivity contribution in [3.05, 3.63) is 102 Å². The SMILES string of the molecule is C=C(N[C@H](C(=O)NO)[C@@H](C)O)c1ccc(C#Cc2ccc(NC(=O)CNCc3ccccc3OC)cc2)cc1. The third-order valence-corrected chi connectivity index (χ3v) is 5.75. The van der Waals surface area contributed by atoms with E-state index in [4.69, 9.17) is 9.94 Å². The topological polar surface area (TPSA) is 132 Å². The molecule has 202 valence electrons. The maximum Gasteiger partial charge on any atom is 0.268 e. The average Bonchev–Trinajstić information content (AvgIpc) is 2.95. The molecule has 3 aromatic rings. The van der Waals surface area contributed by atoms with Crippen LogP contribution in [-0.4, -0.2) is 47.9 Å². The Bertz CT molecular complexity index is 1340. The van der Waals surface area contributed by atoms with Gasteiger partial charge in [0, 0.05) is 34.6 Å². The molecule has 6 N–H and O–H groups in total. The summed E-state index contributed by atoms with van der Waals surface area (Å²) in [5, 5.41) is 27.4. The lowest BCUT2D eigenvalue weighted by Crippen LogP contribution is -2.48. The van der Waals surface area contributed by atoms with Crippen molar-refractivity contribution in [1.29, 1.82) is 0 Å². The molecule has 0 heterocycles. The van der Waals surface area contributed by atoms with Gasteiger partial charge in [-0.05, 0) is 55.0 Å². The zero-order chi connectivity index (χ0) is 28.2. The predicted octanol–water partition coefficient (Wildman–Crippen LogP) is 2.64. The first-order valence-corrected chi connectivity index (χ1v) is 12.2. The van der Waals surface area contributed by atoms with Crippen molar-refractivity contribution >= 4 is 23.2 Å². The Morgan fingerprint density at radius 1 is 0.974 bits per heavy atom. The monoisotopic (exact) mass is 528 g/mol. The predicted molar refractivity (Wildman–Crippen MR) is 150 cm³/mol. The van der Waals surface area contributed by atoms with Crippen molar-refractivity contribution in [1.82, 2.24) is 16.1 Å². The number of aliphatic hydroxyl groups is 1. The van der Waals surface area contributed by atoms with Crippen molar-refractivity contribution in [2.45, 2.75) is 25.6 Å². The van der Waals surface area contributed by atoms with Crippen molar-refractivity contribution in [3.8, 4) is 17.6 Å². The number of anilines is 1. The Balaban J connectivity index is 1.50. The molecule has 3 rings (SSSR count). The average molecular weight is 529 g/mol. The summed E-state index contributed by atoms with van der Waals surface area (Å²) < 4.78 is 5.32. The van der Waals surface area contributed by atoms with E-state index in [0.29, 0.717) is 23.5 Å². The van der Waals surface area contributed by atoms with E-state index in [1.54, 1.807) is 31.4 Å². The van der Waals surface area contributed by atoms with Crippen molar-refractivity contribution < 1.29 is 24.6 Å². The van der Waals surface area contributed by atoms with Gasteiger partial charge in [0.15, 0.2) is 0 Å². The van der Waals surface area contributed by atoms with E-state index >= 15 is 0 Å². The summed E-state index contributed by atoms with van der Waals surface area (Å²) in [7, 11) is 1.62. The van der Waals surface area contributed by atoms with Gasteiger partial charge in [-0.2, -0.15) is 0 Å². The first-order valence-electron chi connectivity index (χ1n) is 12.2. The van der Waals surface area contributed by atoms with Crippen molar-refractivity contribution in [2.24, 2.45) is 0 Å². The molecule has 0 bridgehead atoms. The van der Waals surface area contributed by atoms with E-state index < -0.39 is 18.1 Å². The summed E-state index contributed by atoms with van der Waals surface area (Å²) in [4.78, 5) is 24.0. The van der Waals surface area contributed by atoms with Crippen LogP contribution in [0.3, 0.4) is 0 Å². The number of para-hydroxylation sites is 1. The number of amides is 2. The molecular formula is C30H32N4O5. The highest BCUT2D eigenvalue weighted by Crippen LogP contribution is 2.17. The van der Waals surface area contributed by atoms with Crippen LogP contribution < -0.4 is 26.2 Å². The fraction of sp³-hybridized carbons (Fsp3) is 0.200. The third kappa shape index (κ3) is 8.72. The summed E-state index contributed by atoms with van der Waals surface area (Å²) in [5.74, 6) is 6.02. The maximum absolute atomic E-state index is 12.3. The molecule has 9 heteroatoms. The molecule has 2 amide bonds. The minimum Gasteiger partial charge on any atom is -0.496 e. The molecule has 3 aromatic carbocycles. The summed E-state index contributed by atoms with van der Waals surface area (Å²) in [6.45, 7) is 6.00. The number of hydrogen-bond acceptors (Lipinski definition) is 7. The van der Waals surface area contributed by atoms with E-state index in [2.05, 4.69) is 34.4 Å². The number of rotatable bonds is 11. The first-order chi connectivity index (χ1) is 18.8. The molecule has 0 radical (unpaired) electrons. The first kappa shape index (κ1) is 28.9. The van der Waals surface area contributed by atoms with Gasteiger partial charge in [0.1, 0.15) is 11.8 Å². The Kier molecular flexibility index (Phi) is 10.7. The molecule has 39 heavy (non-hydrogen) atoms. The van der Waals surface area contributed by atoms with Crippen molar-refractivity contribution in [3.63, 3.8) is 0 Å². The second-order valence-corrected chi connectivity index (χ2v) is 8.69. The zero-order valence-electron chi connectivity index (χ0n) is 21.8. The van der Waals surface area contributed by atoms with E-state index in [1.165, 1.54) is 12.4 Å². The molecule has 0 spiro atoms. The van der Waals surface area contributed by atoms with Crippen LogP contribution in [0.2, 0.25) is 0 Å². The van der Waals surface area contributed by atoms with Gasteiger partial charge in [-0.15, -0.1) is 0 Å². The highest BCUT2D eigenvalue weighted by atomic mass is 16.5. The molecule has 0 aromatic heterocycles. The number of carbonyl (C=O) groups excluding carboxylic acids is 2. The van der Waals surface area contributed by atoms with Crippen molar-refractivity contribution in [2.75, 3.05) is 19.0 Å². The molecule has 0 aliphatic carbocycles. The Hall–Kier alpha value is -4.62. The van der Waals surface area contributed by atoms with Gasteiger partial charge in [0.25, 0.3) is 5.91 Å².